The number of ether oxygens (including phenoxy) is 1. The number of nitrogens with one attached hydrogen (secondary N) is 1. The first-order valence-electron chi connectivity index (χ1n) is 6.31. The lowest BCUT2D eigenvalue weighted by Crippen LogP contribution is -2.28. The molecular formula is C15H18N2O3. The van der Waals surface area contributed by atoms with E-state index in [0.717, 1.165) is 5.56 Å². The van der Waals surface area contributed by atoms with E-state index in [2.05, 4.69) is 5.32 Å². The summed E-state index contributed by atoms with van der Waals surface area (Å²) in [6, 6.07) is 8.28. The first kappa shape index (κ1) is 14.1. The van der Waals surface area contributed by atoms with Crippen LogP contribution in [0.5, 0.6) is 5.75 Å². The Hall–Kier alpha value is -2.27. The van der Waals surface area contributed by atoms with Crippen molar-refractivity contribution in [2.45, 2.75) is 12.6 Å². The van der Waals surface area contributed by atoms with Crippen LogP contribution in [0.25, 0.3) is 0 Å². The molecule has 20 heavy (non-hydrogen) atoms. The third-order valence-electron chi connectivity index (χ3n) is 3.08. The summed E-state index contributed by atoms with van der Waals surface area (Å²) < 4.78 is 7.06. The molecule has 1 aromatic heterocycles. The summed E-state index contributed by atoms with van der Waals surface area (Å²) in [5.41, 5.74) is 1.72. The lowest BCUT2D eigenvalue weighted by molar-refractivity contribution is -0.139. The Bertz CT molecular complexity index is 592. The van der Waals surface area contributed by atoms with E-state index < -0.39 is 12.0 Å². The molecule has 1 atom stereocenters. The normalized spacial score (nSPS) is 12.1. The number of hydrogen-bond donors (Lipinski definition) is 2. The van der Waals surface area contributed by atoms with Crippen LogP contribution in [0.1, 0.15) is 17.2 Å². The molecule has 0 amide bonds. The number of aliphatic carboxylic acids is 1. The molecule has 5 nitrogen and oxygen atoms in total. The van der Waals surface area contributed by atoms with Gasteiger partial charge in [-0.1, -0.05) is 12.1 Å². The molecule has 0 saturated heterocycles. The largest absolute Gasteiger partial charge is 0.497 e. The van der Waals surface area contributed by atoms with Crippen molar-refractivity contribution in [3.63, 3.8) is 0 Å². The summed E-state index contributed by atoms with van der Waals surface area (Å²) >= 11 is 0. The van der Waals surface area contributed by atoms with Crippen LogP contribution in [0, 0.1) is 0 Å². The molecule has 1 aromatic carbocycles. The molecule has 1 unspecified atom stereocenters. The smallest absolute Gasteiger partial charge is 0.325 e. The van der Waals surface area contributed by atoms with Crippen LogP contribution in [-0.2, 0) is 18.4 Å². The molecule has 0 spiro atoms. The third-order valence-corrected chi connectivity index (χ3v) is 3.08. The average Bonchev–Trinajstić information content (AvgIpc) is 2.84. The van der Waals surface area contributed by atoms with Crippen LogP contribution in [0.2, 0.25) is 0 Å². The standard InChI is InChI=1S/C15H18N2O3/c1-17-7-6-11(10-17)9-16-14(15(18)19)12-4-3-5-13(8-12)20-2/h3-8,10,14,16H,9H2,1-2H3,(H,18,19). The lowest BCUT2D eigenvalue weighted by atomic mass is 10.1. The monoisotopic (exact) mass is 274 g/mol. The fourth-order valence-electron chi connectivity index (χ4n) is 2.05. The predicted molar refractivity (Wildman–Crippen MR) is 75.6 cm³/mol. The van der Waals surface area contributed by atoms with Gasteiger partial charge in [0.15, 0.2) is 0 Å². The molecule has 0 radical (unpaired) electrons. The highest BCUT2D eigenvalue weighted by molar-refractivity contribution is 5.75. The van der Waals surface area contributed by atoms with Gasteiger partial charge in [0, 0.05) is 26.0 Å². The molecule has 0 aliphatic heterocycles. The second-order valence-electron chi connectivity index (χ2n) is 4.61. The first-order chi connectivity index (χ1) is 9.60. The Kier molecular flexibility index (Phi) is 4.42. The highest BCUT2D eigenvalue weighted by Crippen LogP contribution is 2.20. The maximum Gasteiger partial charge on any atom is 0.325 e. The van der Waals surface area contributed by atoms with Crippen LogP contribution < -0.4 is 10.1 Å². The van der Waals surface area contributed by atoms with E-state index in [0.29, 0.717) is 17.9 Å². The maximum absolute atomic E-state index is 11.4. The van der Waals surface area contributed by atoms with Crippen LogP contribution in [0.4, 0.5) is 0 Å². The topological polar surface area (TPSA) is 63.5 Å². The molecule has 0 fully saturated rings. The first-order valence-corrected chi connectivity index (χ1v) is 6.31. The highest BCUT2D eigenvalue weighted by atomic mass is 16.5. The number of benzene rings is 1. The number of carbonyl (C=O) groups is 1. The van der Waals surface area contributed by atoms with Gasteiger partial charge in [0.25, 0.3) is 0 Å². The zero-order valence-electron chi connectivity index (χ0n) is 11.5. The SMILES string of the molecule is COc1cccc(C(NCc2ccn(C)c2)C(=O)O)c1. The molecule has 0 aliphatic rings. The number of carboxylic acids is 1. The minimum Gasteiger partial charge on any atom is -0.497 e. The number of nitrogens with zero attached hydrogens (tertiary/aromatic N) is 1. The van der Waals surface area contributed by atoms with Gasteiger partial charge in [-0.05, 0) is 29.3 Å². The van der Waals surface area contributed by atoms with Crippen molar-refractivity contribution in [1.29, 1.82) is 0 Å². The fraction of sp³-hybridized carbons (Fsp3) is 0.267. The van der Waals surface area contributed by atoms with E-state index in [9.17, 15) is 9.90 Å². The van der Waals surface area contributed by atoms with Gasteiger partial charge in [-0.3, -0.25) is 10.1 Å². The Morgan fingerprint density at radius 3 is 2.85 bits per heavy atom. The Morgan fingerprint density at radius 2 is 2.25 bits per heavy atom. The van der Waals surface area contributed by atoms with Crippen molar-refractivity contribution in [3.05, 3.63) is 53.9 Å². The van der Waals surface area contributed by atoms with Gasteiger partial charge >= 0.3 is 5.97 Å². The van der Waals surface area contributed by atoms with E-state index in [-0.39, 0.29) is 0 Å². The van der Waals surface area contributed by atoms with E-state index in [1.54, 1.807) is 31.4 Å². The van der Waals surface area contributed by atoms with E-state index in [1.165, 1.54) is 0 Å². The Balaban J connectivity index is 2.12. The number of carboxylic acid groups (broad SMARTS) is 1. The predicted octanol–water partition coefficient (Wildman–Crippen LogP) is 1.95. The molecule has 0 bridgehead atoms. The second kappa shape index (κ2) is 6.25. The van der Waals surface area contributed by atoms with Gasteiger partial charge in [-0.15, -0.1) is 0 Å². The molecule has 106 valence electrons. The molecule has 2 N–H and O–H groups in total. The maximum atomic E-state index is 11.4. The van der Waals surface area contributed by atoms with E-state index >= 15 is 0 Å². The van der Waals surface area contributed by atoms with Crippen molar-refractivity contribution in [1.82, 2.24) is 9.88 Å². The Morgan fingerprint density at radius 1 is 1.45 bits per heavy atom. The molecule has 2 rings (SSSR count). The Labute approximate surface area is 117 Å². The van der Waals surface area contributed by atoms with Crippen molar-refractivity contribution < 1.29 is 14.6 Å². The molecule has 0 aliphatic carbocycles. The van der Waals surface area contributed by atoms with Crippen molar-refractivity contribution >= 4 is 5.97 Å². The number of hydrogen-bond acceptors (Lipinski definition) is 3. The second-order valence-corrected chi connectivity index (χ2v) is 4.61. The van der Waals surface area contributed by atoms with Crippen molar-refractivity contribution in [3.8, 4) is 5.75 Å². The van der Waals surface area contributed by atoms with Gasteiger partial charge in [0.05, 0.1) is 7.11 Å². The fourth-order valence-corrected chi connectivity index (χ4v) is 2.05. The summed E-state index contributed by atoms with van der Waals surface area (Å²) in [5.74, 6) is -0.260. The average molecular weight is 274 g/mol. The van der Waals surface area contributed by atoms with Crippen LogP contribution >= 0.6 is 0 Å². The molecule has 0 saturated carbocycles. The lowest BCUT2D eigenvalue weighted by Gasteiger charge is -2.15. The van der Waals surface area contributed by atoms with Gasteiger partial charge in [0.1, 0.15) is 11.8 Å². The van der Waals surface area contributed by atoms with E-state index in [4.69, 9.17) is 4.74 Å². The van der Waals surface area contributed by atoms with Crippen LogP contribution in [-0.4, -0.2) is 22.8 Å². The third kappa shape index (κ3) is 3.39. The summed E-state index contributed by atoms with van der Waals surface area (Å²) in [4.78, 5) is 11.4. The van der Waals surface area contributed by atoms with Crippen molar-refractivity contribution in [2.75, 3.05) is 7.11 Å². The number of methoxy groups -OCH3 is 1. The van der Waals surface area contributed by atoms with Gasteiger partial charge in [-0.2, -0.15) is 0 Å². The van der Waals surface area contributed by atoms with Gasteiger partial charge in [0.2, 0.25) is 0 Å². The van der Waals surface area contributed by atoms with Crippen molar-refractivity contribution in [2.24, 2.45) is 7.05 Å². The van der Waals surface area contributed by atoms with Gasteiger partial charge < -0.3 is 14.4 Å². The summed E-state index contributed by atoms with van der Waals surface area (Å²) in [6.07, 6.45) is 3.88. The highest BCUT2D eigenvalue weighted by Gasteiger charge is 2.19. The molecule has 2 aromatic rings. The molecule has 5 heteroatoms. The molecular weight excluding hydrogens is 256 g/mol. The zero-order chi connectivity index (χ0) is 14.5. The van der Waals surface area contributed by atoms with Crippen LogP contribution in [0.3, 0.4) is 0 Å². The van der Waals surface area contributed by atoms with E-state index in [1.807, 2.05) is 30.1 Å². The summed E-state index contributed by atoms with van der Waals surface area (Å²) in [6.45, 7) is 0.495. The zero-order valence-corrected chi connectivity index (χ0v) is 11.5. The number of rotatable bonds is 6. The summed E-state index contributed by atoms with van der Waals surface area (Å²) in [5, 5.41) is 12.4. The summed E-state index contributed by atoms with van der Waals surface area (Å²) in [7, 11) is 3.49. The molecule has 1 heterocycles. The number of aromatic nitrogens is 1. The number of aryl methyl sites for hydroxylation is 1. The van der Waals surface area contributed by atoms with Crippen LogP contribution in [0.15, 0.2) is 42.7 Å². The minimum absolute atomic E-state index is 0.495. The quantitative estimate of drug-likeness (QED) is 0.845. The van der Waals surface area contributed by atoms with Gasteiger partial charge in [-0.25, -0.2) is 0 Å². The minimum atomic E-state index is -0.908.